The first-order valence-electron chi connectivity index (χ1n) is 10.4. The number of allylic oxidation sites excluding steroid dienone is 2. The lowest BCUT2D eigenvalue weighted by molar-refractivity contribution is 0.375. The zero-order chi connectivity index (χ0) is 21.1. The van der Waals surface area contributed by atoms with Crippen molar-refractivity contribution in [1.82, 2.24) is 0 Å². The molecule has 0 aromatic heterocycles. The molecule has 0 bridgehead atoms. The van der Waals surface area contributed by atoms with Gasteiger partial charge in [0.2, 0.25) is 0 Å². The number of fused-ring (bicyclic) bond motifs is 2. The fourth-order valence-corrected chi connectivity index (χ4v) is 4.36. The molecule has 2 N–H and O–H groups in total. The largest absolute Gasteiger partial charge is 0.457 e. The average molecular weight is 395 g/mol. The Morgan fingerprint density at radius 1 is 0.733 bits per heavy atom. The van der Waals surface area contributed by atoms with Crippen molar-refractivity contribution in [2.75, 3.05) is 0 Å². The summed E-state index contributed by atoms with van der Waals surface area (Å²) in [6, 6.07) is 23.8. The first kappa shape index (κ1) is 19.8. The van der Waals surface area contributed by atoms with Crippen molar-refractivity contribution < 1.29 is 4.74 Å². The number of ether oxygens (including phenoxy) is 1. The van der Waals surface area contributed by atoms with Crippen LogP contribution in [0.1, 0.15) is 48.9 Å². The molecule has 3 heteroatoms. The van der Waals surface area contributed by atoms with Crippen molar-refractivity contribution in [3.8, 4) is 11.5 Å². The van der Waals surface area contributed by atoms with E-state index in [1.807, 2.05) is 54.6 Å². The van der Waals surface area contributed by atoms with Crippen LogP contribution in [0.25, 0.3) is 0 Å². The van der Waals surface area contributed by atoms with Gasteiger partial charge >= 0.3 is 0 Å². The summed E-state index contributed by atoms with van der Waals surface area (Å²) in [5.41, 5.74) is 4.69. The van der Waals surface area contributed by atoms with Crippen LogP contribution >= 0.6 is 0 Å². The minimum Gasteiger partial charge on any atom is -0.457 e. The molecule has 0 radical (unpaired) electrons. The third-order valence-electron chi connectivity index (χ3n) is 6.14. The van der Waals surface area contributed by atoms with Gasteiger partial charge in [0.05, 0.1) is 11.4 Å². The minimum atomic E-state index is -0.124. The molecule has 0 fully saturated rings. The molecule has 150 valence electrons. The zero-order valence-electron chi connectivity index (χ0n) is 17.4. The lowest BCUT2D eigenvalue weighted by Gasteiger charge is -2.39. The zero-order valence-corrected chi connectivity index (χ0v) is 17.4. The summed E-state index contributed by atoms with van der Waals surface area (Å²) in [6.07, 6.45) is 5.31. The van der Waals surface area contributed by atoms with E-state index in [1.165, 1.54) is 5.56 Å². The van der Waals surface area contributed by atoms with Gasteiger partial charge in [-0.15, -0.1) is 0 Å². The molecule has 1 aliphatic heterocycles. The maximum atomic E-state index is 8.57. The highest BCUT2D eigenvalue weighted by molar-refractivity contribution is 6.13. The lowest BCUT2D eigenvalue weighted by atomic mass is 9.68. The van der Waals surface area contributed by atoms with Crippen LogP contribution in [0.2, 0.25) is 0 Å². The Balaban J connectivity index is 1.68. The predicted molar refractivity (Wildman–Crippen MR) is 124 cm³/mol. The maximum Gasteiger partial charge on any atom is 0.131 e. The topological polar surface area (TPSA) is 56.9 Å². The molecule has 0 aliphatic carbocycles. The molecule has 0 saturated heterocycles. The summed E-state index contributed by atoms with van der Waals surface area (Å²) >= 11 is 0. The third-order valence-corrected chi connectivity index (χ3v) is 6.14. The van der Waals surface area contributed by atoms with Crippen LogP contribution in [0.5, 0.6) is 11.5 Å². The van der Waals surface area contributed by atoms with Crippen LogP contribution in [0.15, 0.2) is 84.9 Å². The molecular formula is C27H26N2O. The Hall–Kier alpha value is -3.46. The third kappa shape index (κ3) is 3.37. The first-order valence-corrected chi connectivity index (χ1v) is 10.4. The van der Waals surface area contributed by atoms with Crippen molar-refractivity contribution in [3.63, 3.8) is 0 Å². The van der Waals surface area contributed by atoms with E-state index in [0.29, 0.717) is 11.4 Å². The molecule has 3 nitrogen and oxygen atoms in total. The van der Waals surface area contributed by atoms with E-state index >= 15 is 0 Å². The van der Waals surface area contributed by atoms with Crippen LogP contribution < -0.4 is 4.74 Å². The molecule has 0 atom stereocenters. The van der Waals surface area contributed by atoms with Gasteiger partial charge in [-0.3, -0.25) is 0 Å². The standard InChI is InChI=1S/C27H26N2O/c1-3-27(4-2)21-12-8-9-13-25(21)30-26-17-14-20(18-22(26)27)24(29)16-15-23(28)19-10-6-5-7-11-19/h5-18,28-29H,3-4H2,1-2H3/b16-15-,28-23?,29-24?. The summed E-state index contributed by atoms with van der Waals surface area (Å²) in [4.78, 5) is 0. The van der Waals surface area contributed by atoms with E-state index in [0.717, 1.165) is 41.0 Å². The summed E-state index contributed by atoms with van der Waals surface area (Å²) in [5.74, 6) is 1.79. The molecule has 0 spiro atoms. The second-order valence-corrected chi connectivity index (χ2v) is 7.63. The van der Waals surface area contributed by atoms with Crippen molar-refractivity contribution in [2.45, 2.75) is 32.1 Å². The SMILES string of the molecule is CCC1(CC)c2ccccc2Oc2ccc(C(=N)/C=C\C(=N)c3ccccc3)cc21. The molecule has 3 aromatic carbocycles. The molecule has 0 amide bonds. The Kier molecular flexibility index (Phi) is 5.37. The molecular weight excluding hydrogens is 368 g/mol. The molecule has 3 aromatic rings. The van der Waals surface area contributed by atoms with E-state index in [2.05, 4.69) is 32.0 Å². The van der Waals surface area contributed by atoms with Crippen LogP contribution in [-0.4, -0.2) is 11.4 Å². The van der Waals surface area contributed by atoms with E-state index < -0.39 is 0 Å². The van der Waals surface area contributed by atoms with Gasteiger partial charge in [0.15, 0.2) is 0 Å². The Morgan fingerprint density at radius 3 is 2.03 bits per heavy atom. The Bertz CT molecular complexity index is 1120. The summed E-state index contributed by atoms with van der Waals surface area (Å²) in [6.45, 7) is 4.43. The number of nitrogens with one attached hydrogen (secondary N) is 2. The van der Waals surface area contributed by atoms with Gasteiger partial charge in [0.25, 0.3) is 0 Å². The molecule has 30 heavy (non-hydrogen) atoms. The normalized spacial score (nSPS) is 13.9. The van der Waals surface area contributed by atoms with Gasteiger partial charge < -0.3 is 15.6 Å². The van der Waals surface area contributed by atoms with Gasteiger partial charge in [-0.25, -0.2) is 0 Å². The maximum absolute atomic E-state index is 8.57. The molecule has 4 rings (SSSR count). The number of hydrogen-bond acceptors (Lipinski definition) is 3. The molecule has 0 unspecified atom stereocenters. The molecule has 1 heterocycles. The highest BCUT2D eigenvalue weighted by atomic mass is 16.5. The van der Waals surface area contributed by atoms with Crippen molar-refractivity contribution in [1.29, 1.82) is 10.8 Å². The Morgan fingerprint density at radius 2 is 1.33 bits per heavy atom. The number of benzene rings is 3. The summed E-state index contributed by atoms with van der Waals surface area (Å²) in [5, 5.41) is 16.8. The fraction of sp³-hybridized carbons (Fsp3) is 0.185. The van der Waals surface area contributed by atoms with E-state index in [4.69, 9.17) is 15.6 Å². The smallest absolute Gasteiger partial charge is 0.131 e. The van der Waals surface area contributed by atoms with E-state index in [1.54, 1.807) is 12.2 Å². The van der Waals surface area contributed by atoms with Gasteiger partial charge in [-0.2, -0.15) is 0 Å². The molecule has 0 saturated carbocycles. The second kappa shape index (κ2) is 8.11. The van der Waals surface area contributed by atoms with Crippen LogP contribution in [-0.2, 0) is 5.41 Å². The van der Waals surface area contributed by atoms with E-state index in [9.17, 15) is 0 Å². The van der Waals surface area contributed by atoms with Gasteiger partial charge in [0, 0.05) is 16.5 Å². The van der Waals surface area contributed by atoms with Crippen molar-refractivity contribution >= 4 is 11.4 Å². The number of rotatable bonds is 6. The van der Waals surface area contributed by atoms with Gasteiger partial charge in [-0.05, 0) is 60.4 Å². The highest BCUT2D eigenvalue weighted by Gasteiger charge is 2.39. The number of hydrogen-bond donors (Lipinski definition) is 2. The Labute approximate surface area is 178 Å². The van der Waals surface area contributed by atoms with Crippen molar-refractivity contribution in [3.05, 3.63) is 107 Å². The predicted octanol–water partition coefficient (Wildman–Crippen LogP) is 6.89. The first-order chi connectivity index (χ1) is 14.6. The van der Waals surface area contributed by atoms with Crippen LogP contribution in [0, 0.1) is 10.8 Å². The highest BCUT2D eigenvalue weighted by Crippen LogP contribution is 2.51. The van der Waals surface area contributed by atoms with Gasteiger partial charge in [0.1, 0.15) is 11.5 Å². The van der Waals surface area contributed by atoms with Crippen molar-refractivity contribution in [2.24, 2.45) is 0 Å². The van der Waals surface area contributed by atoms with Crippen LogP contribution in [0.3, 0.4) is 0 Å². The van der Waals surface area contributed by atoms with Gasteiger partial charge in [-0.1, -0.05) is 62.4 Å². The molecule has 1 aliphatic rings. The lowest BCUT2D eigenvalue weighted by Crippen LogP contribution is -2.30. The number of para-hydroxylation sites is 1. The summed E-state index contributed by atoms with van der Waals surface area (Å²) < 4.78 is 6.20. The second-order valence-electron chi connectivity index (χ2n) is 7.63. The van der Waals surface area contributed by atoms with Crippen LogP contribution in [0.4, 0.5) is 0 Å². The minimum absolute atomic E-state index is 0.124. The average Bonchev–Trinajstić information content (AvgIpc) is 2.81. The fourth-order valence-electron chi connectivity index (χ4n) is 4.36. The monoisotopic (exact) mass is 394 g/mol. The summed E-state index contributed by atoms with van der Waals surface area (Å²) in [7, 11) is 0. The van der Waals surface area contributed by atoms with E-state index in [-0.39, 0.29) is 5.41 Å². The quantitative estimate of drug-likeness (QED) is 0.439.